The molecule has 6 nitrogen and oxygen atoms in total. The average Bonchev–Trinajstić information content (AvgIpc) is 2.77. The standard InChI is InChI=1S/C17H32N4O2/c1-8-20(14(5)12(2)3)17(22)18-11-16-13(4)19-21(15(16)6)9-10-23-7/h12,14H,8-11H2,1-7H3,(H,18,22). The van der Waals surface area contributed by atoms with Gasteiger partial charge in [-0.05, 0) is 33.6 Å². The molecule has 2 amide bonds. The quantitative estimate of drug-likeness (QED) is 0.800. The fourth-order valence-electron chi connectivity index (χ4n) is 2.63. The zero-order chi connectivity index (χ0) is 17.6. The smallest absolute Gasteiger partial charge is 0.317 e. The Bertz CT molecular complexity index is 511. The molecule has 0 aliphatic carbocycles. The van der Waals surface area contributed by atoms with Crippen LogP contribution in [-0.4, -0.2) is 47.0 Å². The second-order valence-electron chi connectivity index (χ2n) is 6.29. The summed E-state index contributed by atoms with van der Waals surface area (Å²) in [6.07, 6.45) is 0. The van der Waals surface area contributed by atoms with Gasteiger partial charge in [0.15, 0.2) is 0 Å². The number of ether oxygens (including phenoxy) is 1. The van der Waals surface area contributed by atoms with Crippen molar-refractivity contribution >= 4 is 6.03 Å². The molecule has 132 valence electrons. The molecule has 0 saturated heterocycles. The highest BCUT2D eigenvalue weighted by atomic mass is 16.5. The summed E-state index contributed by atoms with van der Waals surface area (Å²) in [6.45, 7) is 14.9. The summed E-state index contributed by atoms with van der Waals surface area (Å²) in [4.78, 5) is 14.3. The average molecular weight is 324 g/mol. The molecule has 1 rings (SSSR count). The van der Waals surface area contributed by atoms with Crippen LogP contribution in [0.3, 0.4) is 0 Å². The first-order valence-corrected chi connectivity index (χ1v) is 8.39. The van der Waals surface area contributed by atoms with Crippen LogP contribution in [0.4, 0.5) is 4.79 Å². The largest absolute Gasteiger partial charge is 0.383 e. The molecule has 1 aromatic heterocycles. The monoisotopic (exact) mass is 324 g/mol. The lowest BCUT2D eigenvalue weighted by molar-refractivity contribution is 0.165. The van der Waals surface area contributed by atoms with Gasteiger partial charge in [-0.1, -0.05) is 13.8 Å². The SMILES string of the molecule is CCN(C(=O)NCc1c(C)nn(CCOC)c1C)C(C)C(C)C. The molecule has 1 heterocycles. The number of urea groups is 1. The number of aryl methyl sites for hydroxylation is 1. The molecule has 1 aromatic rings. The maximum atomic E-state index is 12.5. The van der Waals surface area contributed by atoms with Crippen molar-refractivity contribution in [2.24, 2.45) is 5.92 Å². The maximum absolute atomic E-state index is 12.5. The Labute approximate surface area is 140 Å². The van der Waals surface area contributed by atoms with E-state index in [1.807, 2.05) is 30.4 Å². The Kier molecular flexibility index (Phi) is 7.55. The predicted octanol–water partition coefficient (Wildman–Crippen LogP) is 2.72. The van der Waals surface area contributed by atoms with Crippen LogP contribution >= 0.6 is 0 Å². The van der Waals surface area contributed by atoms with Crippen LogP contribution in [0.2, 0.25) is 0 Å². The first-order valence-electron chi connectivity index (χ1n) is 8.39. The third-order valence-corrected chi connectivity index (χ3v) is 4.51. The molecule has 0 fully saturated rings. The zero-order valence-electron chi connectivity index (χ0n) is 15.6. The van der Waals surface area contributed by atoms with Crippen LogP contribution in [-0.2, 0) is 17.8 Å². The second kappa shape index (κ2) is 8.91. The van der Waals surface area contributed by atoms with Crippen LogP contribution in [0.5, 0.6) is 0 Å². The van der Waals surface area contributed by atoms with Crippen LogP contribution in [0.15, 0.2) is 0 Å². The summed E-state index contributed by atoms with van der Waals surface area (Å²) in [5, 5.41) is 7.56. The molecule has 0 saturated carbocycles. The van der Waals surface area contributed by atoms with E-state index < -0.39 is 0 Å². The van der Waals surface area contributed by atoms with E-state index in [2.05, 4.69) is 31.2 Å². The lowest BCUT2D eigenvalue weighted by atomic mass is 10.1. The summed E-state index contributed by atoms with van der Waals surface area (Å²) >= 11 is 0. The van der Waals surface area contributed by atoms with Crippen molar-refractivity contribution in [3.8, 4) is 0 Å². The van der Waals surface area contributed by atoms with Gasteiger partial charge in [-0.25, -0.2) is 4.79 Å². The molecule has 0 aliphatic rings. The van der Waals surface area contributed by atoms with Crippen molar-refractivity contribution in [2.45, 2.75) is 60.7 Å². The van der Waals surface area contributed by atoms with E-state index in [1.165, 1.54) is 0 Å². The molecule has 1 unspecified atom stereocenters. The number of hydrogen-bond donors (Lipinski definition) is 1. The molecule has 1 atom stereocenters. The summed E-state index contributed by atoms with van der Waals surface area (Å²) in [6, 6.07) is 0.198. The molecule has 0 spiro atoms. The minimum absolute atomic E-state index is 0.0165. The maximum Gasteiger partial charge on any atom is 0.317 e. The predicted molar refractivity (Wildman–Crippen MR) is 92.5 cm³/mol. The summed E-state index contributed by atoms with van der Waals surface area (Å²) in [7, 11) is 1.68. The normalized spacial score (nSPS) is 12.5. The first-order chi connectivity index (χ1) is 10.8. The molecule has 0 aliphatic heterocycles. The van der Waals surface area contributed by atoms with Crippen LogP contribution in [0, 0.1) is 19.8 Å². The van der Waals surface area contributed by atoms with Gasteiger partial charge in [0, 0.05) is 37.5 Å². The van der Waals surface area contributed by atoms with Crippen molar-refractivity contribution in [3.05, 3.63) is 17.0 Å². The van der Waals surface area contributed by atoms with Gasteiger partial charge in [0.1, 0.15) is 0 Å². The van der Waals surface area contributed by atoms with E-state index in [1.54, 1.807) is 7.11 Å². The van der Waals surface area contributed by atoms with E-state index in [4.69, 9.17) is 4.74 Å². The van der Waals surface area contributed by atoms with Gasteiger partial charge in [-0.3, -0.25) is 4.68 Å². The van der Waals surface area contributed by atoms with Crippen LogP contribution in [0.1, 0.15) is 44.6 Å². The topological polar surface area (TPSA) is 59.4 Å². The van der Waals surface area contributed by atoms with Crippen molar-refractivity contribution < 1.29 is 9.53 Å². The Morgan fingerprint density at radius 2 is 2.00 bits per heavy atom. The lowest BCUT2D eigenvalue weighted by Gasteiger charge is -2.30. The number of carbonyl (C=O) groups is 1. The zero-order valence-corrected chi connectivity index (χ0v) is 15.6. The van der Waals surface area contributed by atoms with Crippen molar-refractivity contribution in [3.63, 3.8) is 0 Å². The highest BCUT2D eigenvalue weighted by Gasteiger charge is 2.21. The number of rotatable bonds is 8. The van der Waals surface area contributed by atoms with Crippen molar-refractivity contribution in [1.82, 2.24) is 20.0 Å². The minimum Gasteiger partial charge on any atom is -0.383 e. The third-order valence-electron chi connectivity index (χ3n) is 4.51. The number of carbonyl (C=O) groups excluding carboxylic acids is 1. The number of hydrogen-bond acceptors (Lipinski definition) is 3. The fourth-order valence-corrected chi connectivity index (χ4v) is 2.63. The van der Waals surface area contributed by atoms with Gasteiger partial charge in [-0.15, -0.1) is 0 Å². The molecule has 0 bridgehead atoms. The summed E-state index contributed by atoms with van der Waals surface area (Å²) in [5.41, 5.74) is 3.13. The Hall–Kier alpha value is -1.56. The number of aromatic nitrogens is 2. The van der Waals surface area contributed by atoms with Gasteiger partial charge >= 0.3 is 6.03 Å². The molecule has 1 N–H and O–H groups in total. The Morgan fingerprint density at radius 1 is 1.35 bits per heavy atom. The number of methoxy groups -OCH3 is 1. The van der Waals surface area contributed by atoms with Crippen molar-refractivity contribution in [1.29, 1.82) is 0 Å². The Balaban J connectivity index is 2.74. The second-order valence-corrected chi connectivity index (χ2v) is 6.29. The molecular weight excluding hydrogens is 292 g/mol. The Morgan fingerprint density at radius 3 is 2.52 bits per heavy atom. The van der Waals surface area contributed by atoms with E-state index in [0.29, 0.717) is 25.6 Å². The number of amides is 2. The molecule has 0 radical (unpaired) electrons. The van der Waals surface area contributed by atoms with Crippen molar-refractivity contribution in [2.75, 3.05) is 20.3 Å². The van der Waals surface area contributed by atoms with E-state index >= 15 is 0 Å². The van der Waals surface area contributed by atoms with Gasteiger partial charge in [-0.2, -0.15) is 5.10 Å². The summed E-state index contributed by atoms with van der Waals surface area (Å²) < 4.78 is 7.04. The number of nitrogens with one attached hydrogen (secondary N) is 1. The van der Waals surface area contributed by atoms with E-state index in [0.717, 1.165) is 23.5 Å². The van der Waals surface area contributed by atoms with Gasteiger partial charge in [0.2, 0.25) is 0 Å². The minimum atomic E-state index is -0.0165. The molecule has 0 aromatic carbocycles. The van der Waals surface area contributed by atoms with Crippen LogP contribution in [0.25, 0.3) is 0 Å². The highest BCUT2D eigenvalue weighted by Crippen LogP contribution is 2.14. The third kappa shape index (κ3) is 4.96. The lowest BCUT2D eigenvalue weighted by Crippen LogP contribution is -2.46. The molecule has 6 heteroatoms. The van der Waals surface area contributed by atoms with Gasteiger partial charge in [0.25, 0.3) is 0 Å². The summed E-state index contributed by atoms with van der Waals surface area (Å²) in [5.74, 6) is 0.431. The van der Waals surface area contributed by atoms with E-state index in [9.17, 15) is 4.79 Å². The van der Waals surface area contributed by atoms with Crippen LogP contribution < -0.4 is 5.32 Å². The molecular formula is C17H32N4O2. The van der Waals surface area contributed by atoms with Gasteiger partial charge < -0.3 is 15.0 Å². The first kappa shape index (κ1) is 19.5. The fraction of sp³-hybridized carbons (Fsp3) is 0.765. The van der Waals surface area contributed by atoms with Gasteiger partial charge in [0.05, 0.1) is 18.8 Å². The highest BCUT2D eigenvalue weighted by molar-refractivity contribution is 5.74. The molecule has 23 heavy (non-hydrogen) atoms. The number of nitrogens with zero attached hydrogens (tertiary/aromatic N) is 3. The van der Waals surface area contributed by atoms with E-state index in [-0.39, 0.29) is 12.1 Å².